The van der Waals surface area contributed by atoms with Crippen LogP contribution in [0.15, 0.2) is 18.5 Å². The number of carbonyl (C=O) groups is 1. The van der Waals surface area contributed by atoms with Crippen molar-refractivity contribution in [2.45, 2.75) is 31.2 Å². The number of nitrogens with one attached hydrogen (secondary N) is 3. The first-order valence-corrected chi connectivity index (χ1v) is 8.43. The third-order valence-corrected chi connectivity index (χ3v) is 5.67. The highest BCUT2D eigenvalue weighted by Crippen LogP contribution is 2.42. The number of hydrazine groups is 1. The molecule has 7 heteroatoms. The highest BCUT2D eigenvalue weighted by molar-refractivity contribution is 6.35. The molecular weight excluding hydrogens is 314 g/mol. The predicted octanol–water partition coefficient (Wildman–Crippen LogP) is 1.68. The molecule has 0 spiro atoms. The molecule has 1 amide bonds. The van der Waals surface area contributed by atoms with Crippen molar-refractivity contribution < 1.29 is 4.79 Å². The quantitative estimate of drug-likeness (QED) is 0.672. The summed E-state index contributed by atoms with van der Waals surface area (Å²) in [6, 6.07) is 2.26. The smallest absolute Gasteiger partial charge is 0.237 e. The Bertz CT molecular complexity index is 745. The zero-order valence-electron chi connectivity index (χ0n) is 12.7. The van der Waals surface area contributed by atoms with Crippen LogP contribution in [0.3, 0.4) is 0 Å². The Morgan fingerprint density at radius 2 is 2.26 bits per heavy atom. The number of nitrogens with zero attached hydrogens (tertiary/aromatic N) is 1. The zero-order valence-corrected chi connectivity index (χ0v) is 13.4. The summed E-state index contributed by atoms with van der Waals surface area (Å²) in [6.45, 7) is 0.523. The summed E-state index contributed by atoms with van der Waals surface area (Å²) in [7, 11) is 0. The summed E-state index contributed by atoms with van der Waals surface area (Å²) < 4.78 is 0. The molecule has 0 bridgehead atoms. The molecule has 4 atom stereocenters. The molecule has 2 aromatic rings. The molecule has 2 aliphatic rings. The van der Waals surface area contributed by atoms with Gasteiger partial charge in [0.05, 0.1) is 5.02 Å². The predicted molar refractivity (Wildman–Crippen MR) is 88.8 cm³/mol. The second-order valence-corrected chi connectivity index (χ2v) is 6.96. The van der Waals surface area contributed by atoms with Gasteiger partial charge in [0.2, 0.25) is 5.91 Å². The van der Waals surface area contributed by atoms with Crippen molar-refractivity contribution in [1.29, 1.82) is 0 Å². The number of amides is 1. The first-order valence-electron chi connectivity index (χ1n) is 8.05. The van der Waals surface area contributed by atoms with Crippen LogP contribution in [0.25, 0.3) is 11.0 Å². The standard InChI is InChI=1S/C16H20ClN5O/c17-13-7-20-15-12(13)4-9(6-19-15)8-1-2-10-11(3-8)14(5-18)21-22-16(10)23/h4,6-8,10-11,14,21H,1-3,5,18H2,(H,19,20)(H,22,23). The lowest BCUT2D eigenvalue weighted by Crippen LogP contribution is -2.62. The van der Waals surface area contributed by atoms with Crippen molar-refractivity contribution in [3.63, 3.8) is 0 Å². The molecule has 3 heterocycles. The maximum absolute atomic E-state index is 12.1. The van der Waals surface area contributed by atoms with E-state index < -0.39 is 0 Å². The summed E-state index contributed by atoms with van der Waals surface area (Å²) in [5, 5.41) is 1.66. The van der Waals surface area contributed by atoms with Crippen molar-refractivity contribution >= 4 is 28.5 Å². The van der Waals surface area contributed by atoms with Crippen LogP contribution in [0.5, 0.6) is 0 Å². The highest BCUT2D eigenvalue weighted by Gasteiger charge is 2.42. The van der Waals surface area contributed by atoms with Gasteiger partial charge in [-0.25, -0.2) is 10.4 Å². The number of halogens is 1. The van der Waals surface area contributed by atoms with Gasteiger partial charge in [0, 0.05) is 36.3 Å². The second kappa shape index (κ2) is 5.78. The first kappa shape index (κ1) is 14.9. The summed E-state index contributed by atoms with van der Waals surface area (Å²) in [4.78, 5) is 19.6. The lowest BCUT2D eigenvalue weighted by Gasteiger charge is -2.43. The van der Waals surface area contributed by atoms with Crippen LogP contribution in [-0.2, 0) is 4.79 Å². The number of rotatable bonds is 2. The summed E-state index contributed by atoms with van der Waals surface area (Å²) in [6.07, 6.45) is 6.51. The molecule has 4 unspecified atom stereocenters. The lowest BCUT2D eigenvalue weighted by molar-refractivity contribution is -0.133. The summed E-state index contributed by atoms with van der Waals surface area (Å²) >= 11 is 6.21. The molecule has 4 rings (SSSR count). The highest BCUT2D eigenvalue weighted by atomic mass is 35.5. The van der Waals surface area contributed by atoms with Crippen molar-refractivity contribution in [1.82, 2.24) is 20.8 Å². The molecule has 1 saturated heterocycles. The van der Waals surface area contributed by atoms with Gasteiger partial charge in [0.15, 0.2) is 0 Å². The Labute approximate surface area is 139 Å². The van der Waals surface area contributed by atoms with Gasteiger partial charge in [0.25, 0.3) is 0 Å². The number of aromatic amines is 1. The normalized spacial score (nSPS) is 31.0. The van der Waals surface area contributed by atoms with Crippen LogP contribution in [0.2, 0.25) is 5.02 Å². The molecule has 2 fully saturated rings. The van der Waals surface area contributed by atoms with E-state index >= 15 is 0 Å². The van der Waals surface area contributed by atoms with E-state index in [-0.39, 0.29) is 23.8 Å². The molecule has 1 saturated carbocycles. The minimum atomic E-state index is 0.0635. The van der Waals surface area contributed by atoms with E-state index in [1.165, 1.54) is 5.56 Å². The Morgan fingerprint density at radius 1 is 1.39 bits per heavy atom. The molecule has 1 aliphatic carbocycles. The molecule has 122 valence electrons. The average molecular weight is 334 g/mol. The lowest BCUT2D eigenvalue weighted by atomic mass is 9.68. The van der Waals surface area contributed by atoms with E-state index in [9.17, 15) is 4.79 Å². The van der Waals surface area contributed by atoms with E-state index in [1.54, 1.807) is 6.20 Å². The van der Waals surface area contributed by atoms with Gasteiger partial charge in [-0.15, -0.1) is 0 Å². The Morgan fingerprint density at radius 3 is 3.09 bits per heavy atom. The minimum absolute atomic E-state index is 0.0635. The largest absolute Gasteiger partial charge is 0.345 e. The maximum atomic E-state index is 12.1. The van der Waals surface area contributed by atoms with Gasteiger partial charge in [-0.1, -0.05) is 11.6 Å². The number of pyridine rings is 1. The van der Waals surface area contributed by atoms with E-state index in [0.717, 1.165) is 30.3 Å². The van der Waals surface area contributed by atoms with Gasteiger partial charge in [-0.3, -0.25) is 10.2 Å². The molecule has 6 nitrogen and oxygen atoms in total. The third-order valence-electron chi connectivity index (χ3n) is 5.36. The molecule has 1 aliphatic heterocycles. The molecule has 2 aromatic heterocycles. The SMILES string of the molecule is NCC1NNC(=O)C2CCC(c3cnc4[nH]cc(Cl)c4c3)CC12. The Kier molecular flexibility index (Phi) is 3.75. The molecule has 0 aromatic carbocycles. The van der Waals surface area contributed by atoms with Gasteiger partial charge in [-0.2, -0.15) is 0 Å². The zero-order chi connectivity index (χ0) is 16.0. The van der Waals surface area contributed by atoms with Crippen LogP contribution >= 0.6 is 11.6 Å². The topological polar surface area (TPSA) is 95.8 Å². The van der Waals surface area contributed by atoms with Crippen molar-refractivity contribution in [3.05, 3.63) is 29.0 Å². The maximum Gasteiger partial charge on any atom is 0.237 e. The number of H-pyrrole nitrogens is 1. The molecule has 23 heavy (non-hydrogen) atoms. The van der Waals surface area contributed by atoms with Crippen molar-refractivity contribution in [2.24, 2.45) is 17.6 Å². The van der Waals surface area contributed by atoms with E-state index in [0.29, 0.717) is 17.5 Å². The minimum Gasteiger partial charge on any atom is -0.345 e. The fourth-order valence-electron chi connectivity index (χ4n) is 4.09. The number of fused-ring (bicyclic) bond motifs is 2. The Balaban J connectivity index is 1.62. The monoisotopic (exact) mass is 333 g/mol. The number of carbonyl (C=O) groups excluding carboxylic acids is 1. The van der Waals surface area contributed by atoms with E-state index in [2.05, 4.69) is 26.9 Å². The van der Waals surface area contributed by atoms with Gasteiger partial charge >= 0.3 is 0 Å². The van der Waals surface area contributed by atoms with Gasteiger partial charge < -0.3 is 10.7 Å². The van der Waals surface area contributed by atoms with Crippen LogP contribution in [0.4, 0.5) is 0 Å². The second-order valence-electron chi connectivity index (χ2n) is 6.56. The first-order chi connectivity index (χ1) is 11.2. The van der Waals surface area contributed by atoms with Crippen LogP contribution < -0.4 is 16.6 Å². The van der Waals surface area contributed by atoms with Crippen LogP contribution in [-0.4, -0.2) is 28.5 Å². The van der Waals surface area contributed by atoms with E-state index in [4.69, 9.17) is 17.3 Å². The molecule has 5 N–H and O–H groups in total. The summed E-state index contributed by atoms with van der Waals surface area (Å²) in [5.74, 6) is 0.819. The van der Waals surface area contributed by atoms with Crippen molar-refractivity contribution in [2.75, 3.05) is 6.54 Å². The fourth-order valence-corrected chi connectivity index (χ4v) is 4.29. The van der Waals surface area contributed by atoms with Gasteiger partial charge in [-0.05, 0) is 42.7 Å². The number of aromatic nitrogens is 2. The van der Waals surface area contributed by atoms with E-state index in [1.807, 2.05) is 6.20 Å². The van der Waals surface area contributed by atoms with Crippen LogP contribution in [0.1, 0.15) is 30.7 Å². The molecule has 0 radical (unpaired) electrons. The number of hydrogen-bond donors (Lipinski definition) is 4. The van der Waals surface area contributed by atoms with Gasteiger partial charge in [0.1, 0.15) is 5.65 Å². The van der Waals surface area contributed by atoms with Crippen LogP contribution in [0, 0.1) is 11.8 Å². The number of hydrogen-bond acceptors (Lipinski definition) is 4. The molecular formula is C16H20ClN5O. The average Bonchev–Trinajstić information content (AvgIpc) is 2.96. The summed E-state index contributed by atoms with van der Waals surface area (Å²) in [5.41, 5.74) is 13.7. The third kappa shape index (κ3) is 2.51. The van der Waals surface area contributed by atoms with Crippen molar-refractivity contribution in [3.8, 4) is 0 Å². The fraction of sp³-hybridized carbons (Fsp3) is 0.500. The Hall–Kier alpha value is -1.63. The number of nitrogens with two attached hydrogens (primary N) is 1.